The van der Waals surface area contributed by atoms with E-state index in [0.29, 0.717) is 18.7 Å². The lowest BCUT2D eigenvalue weighted by Gasteiger charge is -2.20. The van der Waals surface area contributed by atoms with E-state index in [1.54, 1.807) is 12.1 Å². The number of benzene rings is 1. The van der Waals surface area contributed by atoms with E-state index in [0.717, 1.165) is 5.56 Å². The van der Waals surface area contributed by atoms with Gasteiger partial charge in [-0.05, 0) is 24.7 Å². The zero-order valence-corrected chi connectivity index (χ0v) is 11.6. The van der Waals surface area contributed by atoms with Crippen molar-refractivity contribution >= 4 is 11.9 Å². The molecule has 0 aliphatic heterocycles. The molecule has 0 aliphatic carbocycles. The monoisotopic (exact) mass is 264 g/mol. The van der Waals surface area contributed by atoms with Gasteiger partial charge in [-0.25, -0.2) is 0 Å². The maximum atomic E-state index is 11.3. The second kappa shape index (κ2) is 6.89. The highest BCUT2D eigenvalue weighted by atomic mass is 16.5. The molecular weight excluding hydrogens is 244 g/mol. The molecular formula is C14H20N2O3. The highest BCUT2D eigenvalue weighted by Gasteiger charge is 2.15. The van der Waals surface area contributed by atoms with Gasteiger partial charge in [0.25, 0.3) is 0 Å². The van der Waals surface area contributed by atoms with Crippen molar-refractivity contribution in [3.63, 3.8) is 0 Å². The first-order valence-corrected chi connectivity index (χ1v) is 6.09. The zero-order chi connectivity index (χ0) is 14.4. The number of ether oxygens (including phenoxy) is 1. The molecule has 1 aromatic rings. The predicted molar refractivity (Wildman–Crippen MR) is 72.5 cm³/mol. The number of carbonyl (C=O) groups excluding carboxylic acids is 2. The normalized spacial score (nSPS) is 12.2. The van der Waals surface area contributed by atoms with Crippen LogP contribution >= 0.6 is 0 Å². The summed E-state index contributed by atoms with van der Waals surface area (Å²) in [5.41, 5.74) is 6.73. The zero-order valence-electron chi connectivity index (χ0n) is 11.6. The highest BCUT2D eigenvalue weighted by molar-refractivity contribution is 5.92. The molecule has 0 spiro atoms. The van der Waals surface area contributed by atoms with E-state index in [9.17, 15) is 9.59 Å². The Morgan fingerprint density at radius 3 is 2.37 bits per heavy atom. The molecule has 0 bridgehead atoms. The molecule has 0 radical (unpaired) electrons. The van der Waals surface area contributed by atoms with Crippen LogP contribution in [0.15, 0.2) is 24.3 Å². The lowest BCUT2D eigenvalue weighted by molar-refractivity contribution is -0.145. The van der Waals surface area contributed by atoms with Crippen LogP contribution in [0, 0.1) is 5.92 Å². The molecule has 5 heteroatoms. The summed E-state index contributed by atoms with van der Waals surface area (Å²) in [6.07, 6.45) is 0. The smallest absolute Gasteiger partial charge is 0.309 e. The molecule has 1 rings (SSSR count). The number of carbonyl (C=O) groups is 2. The van der Waals surface area contributed by atoms with E-state index in [4.69, 9.17) is 5.73 Å². The van der Waals surface area contributed by atoms with Gasteiger partial charge in [0.05, 0.1) is 13.0 Å². The third-order valence-electron chi connectivity index (χ3n) is 2.88. The van der Waals surface area contributed by atoms with Crippen molar-refractivity contribution in [2.45, 2.75) is 13.5 Å². The second-order valence-corrected chi connectivity index (χ2v) is 4.68. The Bertz CT molecular complexity index is 443. The summed E-state index contributed by atoms with van der Waals surface area (Å²) >= 11 is 0. The third kappa shape index (κ3) is 4.71. The number of amides is 1. The molecule has 0 aromatic heterocycles. The minimum absolute atomic E-state index is 0.167. The largest absolute Gasteiger partial charge is 0.469 e. The van der Waals surface area contributed by atoms with Crippen molar-refractivity contribution in [2.75, 3.05) is 20.7 Å². The molecule has 0 saturated heterocycles. The van der Waals surface area contributed by atoms with Crippen LogP contribution in [0.25, 0.3) is 0 Å². The predicted octanol–water partition coefficient (Wildman–Crippen LogP) is 1.03. The summed E-state index contributed by atoms with van der Waals surface area (Å²) in [7, 11) is 3.32. The fourth-order valence-electron chi connectivity index (χ4n) is 1.89. The van der Waals surface area contributed by atoms with Gasteiger partial charge in [-0.15, -0.1) is 0 Å². The number of hydrogen-bond acceptors (Lipinski definition) is 4. The number of hydrogen-bond donors (Lipinski definition) is 1. The fraction of sp³-hybridized carbons (Fsp3) is 0.429. The van der Waals surface area contributed by atoms with Crippen molar-refractivity contribution in [3.05, 3.63) is 35.4 Å². The summed E-state index contributed by atoms with van der Waals surface area (Å²) < 4.78 is 4.69. The van der Waals surface area contributed by atoms with Crippen LogP contribution in [0.4, 0.5) is 0 Å². The molecule has 1 unspecified atom stereocenters. The summed E-state index contributed by atoms with van der Waals surface area (Å²) in [5, 5.41) is 0. The summed E-state index contributed by atoms with van der Waals surface area (Å²) in [4.78, 5) is 24.3. The molecule has 0 saturated carbocycles. The molecule has 104 valence electrons. The van der Waals surface area contributed by atoms with Crippen LogP contribution < -0.4 is 5.73 Å². The van der Waals surface area contributed by atoms with Crippen molar-refractivity contribution in [2.24, 2.45) is 11.7 Å². The molecule has 5 nitrogen and oxygen atoms in total. The lowest BCUT2D eigenvalue weighted by atomic mass is 10.1. The fourth-order valence-corrected chi connectivity index (χ4v) is 1.89. The molecule has 19 heavy (non-hydrogen) atoms. The van der Waals surface area contributed by atoms with E-state index >= 15 is 0 Å². The van der Waals surface area contributed by atoms with E-state index in [2.05, 4.69) is 4.74 Å². The van der Waals surface area contributed by atoms with Crippen LogP contribution in [0.2, 0.25) is 0 Å². The second-order valence-electron chi connectivity index (χ2n) is 4.68. The topological polar surface area (TPSA) is 72.6 Å². The minimum Gasteiger partial charge on any atom is -0.469 e. The Morgan fingerprint density at radius 1 is 1.32 bits per heavy atom. The van der Waals surface area contributed by atoms with Gasteiger partial charge in [-0.1, -0.05) is 19.1 Å². The first kappa shape index (κ1) is 15.2. The SMILES string of the molecule is COC(=O)C(C)CN(C)Cc1ccc(C(N)=O)cc1. The number of rotatable bonds is 6. The van der Waals surface area contributed by atoms with Gasteiger partial charge in [0.2, 0.25) is 5.91 Å². The summed E-state index contributed by atoms with van der Waals surface area (Å²) in [6.45, 7) is 3.14. The quantitative estimate of drug-likeness (QED) is 0.779. The van der Waals surface area contributed by atoms with Gasteiger partial charge in [0.1, 0.15) is 0 Å². The first-order valence-electron chi connectivity index (χ1n) is 6.09. The number of methoxy groups -OCH3 is 1. The van der Waals surface area contributed by atoms with Crippen LogP contribution in [-0.4, -0.2) is 37.5 Å². The van der Waals surface area contributed by atoms with Gasteiger partial charge < -0.3 is 15.4 Å². The number of nitrogens with zero attached hydrogens (tertiary/aromatic N) is 1. The molecule has 1 amide bonds. The Labute approximate surface area is 113 Å². The van der Waals surface area contributed by atoms with Crippen LogP contribution in [0.3, 0.4) is 0 Å². The van der Waals surface area contributed by atoms with E-state index in [-0.39, 0.29) is 11.9 Å². The Kier molecular flexibility index (Phi) is 5.51. The van der Waals surface area contributed by atoms with Crippen molar-refractivity contribution < 1.29 is 14.3 Å². The highest BCUT2D eigenvalue weighted by Crippen LogP contribution is 2.08. The van der Waals surface area contributed by atoms with Crippen LogP contribution in [-0.2, 0) is 16.1 Å². The van der Waals surface area contributed by atoms with E-state index in [1.807, 2.05) is 31.0 Å². The van der Waals surface area contributed by atoms with Gasteiger partial charge in [0.15, 0.2) is 0 Å². The Balaban J connectivity index is 2.54. The average molecular weight is 264 g/mol. The van der Waals surface area contributed by atoms with Crippen LogP contribution in [0.5, 0.6) is 0 Å². The maximum Gasteiger partial charge on any atom is 0.309 e. The van der Waals surface area contributed by atoms with Crippen molar-refractivity contribution in [1.29, 1.82) is 0 Å². The summed E-state index contributed by atoms with van der Waals surface area (Å²) in [5.74, 6) is -0.810. The lowest BCUT2D eigenvalue weighted by Crippen LogP contribution is -2.29. The number of nitrogens with two attached hydrogens (primary N) is 1. The van der Waals surface area contributed by atoms with Gasteiger partial charge in [-0.3, -0.25) is 9.59 Å². The summed E-state index contributed by atoms with van der Waals surface area (Å²) in [6, 6.07) is 7.13. The van der Waals surface area contributed by atoms with Crippen molar-refractivity contribution in [3.8, 4) is 0 Å². The molecule has 2 N–H and O–H groups in total. The Hall–Kier alpha value is -1.88. The first-order chi connectivity index (χ1) is 8.93. The Morgan fingerprint density at radius 2 is 1.89 bits per heavy atom. The average Bonchev–Trinajstić information content (AvgIpc) is 2.38. The van der Waals surface area contributed by atoms with Crippen molar-refractivity contribution in [1.82, 2.24) is 4.90 Å². The number of esters is 1. The molecule has 1 aromatic carbocycles. The number of primary amides is 1. The van der Waals surface area contributed by atoms with Gasteiger partial charge >= 0.3 is 5.97 Å². The van der Waals surface area contributed by atoms with Crippen LogP contribution in [0.1, 0.15) is 22.8 Å². The standard InChI is InChI=1S/C14H20N2O3/c1-10(14(18)19-3)8-16(2)9-11-4-6-12(7-5-11)13(15)17/h4-7,10H,8-9H2,1-3H3,(H2,15,17). The molecule has 1 atom stereocenters. The molecule has 0 fully saturated rings. The molecule has 0 aliphatic rings. The molecule has 0 heterocycles. The minimum atomic E-state index is -0.431. The maximum absolute atomic E-state index is 11.3. The van der Waals surface area contributed by atoms with Gasteiger partial charge in [0, 0.05) is 18.7 Å². The van der Waals surface area contributed by atoms with Gasteiger partial charge in [-0.2, -0.15) is 0 Å². The third-order valence-corrected chi connectivity index (χ3v) is 2.88. The van der Waals surface area contributed by atoms with E-state index in [1.165, 1.54) is 7.11 Å². The van der Waals surface area contributed by atoms with E-state index < -0.39 is 5.91 Å².